The Hall–Kier alpha value is -1.69. The molecule has 0 aliphatic carbocycles. The van der Waals surface area contributed by atoms with E-state index in [2.05, 4.69) is 16.0 Å². The second-order valence-corrected chi connectivity index (χ2v) is 4.24. The van der Waals surface area contributed by atoms with E-state index in [1.165, 1.54) is 13.0 Å². The molecular formula is C12H16FN3OS. The maximum atomic E-state index is 13.3. The van der Waals surface area contributed by atoms with Crippen LogP contribution in [0.1, 0.15) is 12.5 Å². The molecule has 1 amide bonds. The van der Waals surface area contributed by atoms with E-state index in [9.17, 15) is 9.18 Å². The molecule has 1 rings (SSSR count). The van der Waals surface area contributed by atoms with Gasteiger partial charge in [-0.3, -0.25) is 4.79 Å². The van der Waals surface area contributed by atoms with Crippen LogP contribution in [-0.2, 0) is 4.79 Å². The highest BCUT2D eigenvalue weighted by molar-refractivity contribution is 7.80. The molecule has 98 valence electrons. The lowest BCUT2D eigenvalue weighted by molar-refractivity contribution is -0.118. The zero-order chi connectivity index (χ0) is 13.5. The Morgan fingerprint density at radius 3 is 2.61 bits per heavy atom. The van der Waals surface area contributed by atoms with Crippen molar-refractivity contribution in [2.75, 3.05) is 18.4 Å². The minimum Gasteiger partial charge on any atom is -0.361 e. The van der Waals surface area contributed by atoms with Crippen LogP contribution in [0.5, 0.6) is 0 Å². The summed E-state index contributed by atoms with van der Waals surface area (Å²) < 4.78 is 13.3. The molecule has 1 aromatic rings. The first-order valence-corrected chi connectivity index (χ1v) is 5.95. The minimum atomic E-state index is -0.277. The van der Waals surface area contributed by atoms with Crippen LogP contribution in [0.25, 0.3) is 0 Å². The fraction of sp³-hybridized carbons (Fsp3) is 0.333. The number of hydrogen-bond donors (Lipinski definition) is 3. The predicted molar refractivity (Wildman–Crippen MR) is 74.0 cm³/mol. The van der Waals surface area contributed by atoms with Crippen molar-refractivity contribution < 1.29 is 9.18 Å². The van der Waals surface area contributed by atoms with E-state index in [4.69, 9.17) is 12.2 Å². The number of anilines is 1. The first-order valence-electron chi connectivity index (χ1n) is 5.54. The van der Waals surface area contributed by atoms with E-state index in [0.29, 0.717) is 29.5 Å². The van der Waals surface area contributed by atoms with Crippen molar-refractivity contribution in [3.63, 3.8) is 0 Å². The summed E-state index contributed by atoms with van der Waals surface area (Å²) in [5.41, 5.74) is 1.18. The smallest absolute Gasteiger partial charge is 0.216 e. The quantitative estimate of drug-likeness (QED) is 0.573. The summed E-state index contributed by atoms with van der Waals surface area (Å²) in [5.74, 6) is -0.364. The van der Waals surface area contributed by atoms with Crippen molar-refractivity contribution in [1.82, 2.24) is 10.6 Å². The number of thiocarbonyl (C=S) groups is 1. The van der Waals surface area contributed by atoms with Gasteiger partial charge in [0.05, 0.1) is 0 Å². The second-order valence-electron chi connectivity index (χ2n) is 3.83. The number of aryl methyl sites for hydroxylation is 1. The van der Waals surface area contributed by atoms with Gasteiger partial charge in [0.2, 0.25) is 5.91 Å². The van der Waals surface area contributed by atoms with E-state index in [1.54, 1.807) is 19.1 Å². The third-order valence-electron chi connectivity index (χ3n) is 2.21. The number of carbonyl (C=O) groups is 1. The monoisotopic (exact) mass is 269 g/mol. The molecule has 0 fully saturated rings. The number of benzene rings is 1. The Morgan fingerprint density at radius 1 is 1.33 bits per heavy atom. The Balaban J connectivity index is 2.35. The molecule has 0 aliphatic heterocycles. The Labute approximate surface area is 111 Å². The van der Waals surface area contributed by atoms with Crippen molar-refractivity contribution in [3.05, 3.63) is 29.6 Å². The molecule has 3 N–H and O–H groups in total. The van der Waals surface area contributed by atoms with Gasteiger partial charge < -0.3 is 16.0 Å². The number of rotatable bonds is 4. The molecule has 18 heavy (non-hydrogen) atoms. The number of amides is 1. The molecule has 0 aromatic heterocycles. The highest BCUT2D eigenvalue weighted by Gasteiger charge is 2.01. The van der Waals surface area contributed by atoms with Crippen molar-refractivity contribution >= 4 is 28.9 Å². The lowest BCUT2D eigenvalue weighted by atomic mass is 10.2. The average Bonchev–Trinajstić information content (AvgIpc) is 2.29. The molecule has 0 bridgehead atoms. The molecule has 0 radical (unpaired) electrons. The lowest BCUT2D eigenvalue weighted by Gasteiger charge is -2.11. The Morgan fingerprint density at radius 2 is 2.00 bits per heavy atom. The minimum absolute atomic E-state index is 0.0868. The van der Waals surface area contributed by atoms with E-state index in [1.807, 2.05) is 0 Å². The van der Waals surface area contributed by atoms with Crippen LogP contribution in [0.15, 0.2) is 18.2 Å². The number of hydrogen-bond acceptors (Lipinski definition) is 2. The zero-order valence-corrected chi connectivity index (χ0v) is 11.2. The maximum Gasteiger partial charge on any atom is 0.216 e. The van der Waals surface area contributed by atoms with E-state index < -0.39 is 0 Å². The SMILES string of the molecule is CC(=O)NCCNC(=S)Nc1ccc(C)c(F)c1. The molecule has 6 heteroatoms. The average molecular weight is 269 g/mol. The lowest BCUT2D eigenvalue weighted by Crippen LogP contribution is -2.35. The summed E-state index contributed by atoms with van der Waals surface area (Å²) in [6.07, 6.45) is 0. The van der Waals surface area contributed by atoms with Crippen LogP contribution in [0.3, 0.4) is 0 Å². The van der Waals surface area contributed by atoms with Gasteiger partial charge in [0.15, 0.2) is 5.11 Å². The Bertz CT molecular complexity index is 451. The van der Waals surface area contributed by atoms with Gasteiger partial charge in [0, 0.05) is 25.7 Å². The topological polar surface area (TPSA) is 53.2 Å². The van der Waals surface area contributed by atoms with Gasteiger partial charge in [-0.1, -0.05) is 6.07 Å². The normalized spacial score (nSPS) is 9.72. The van der Waals surface area contributed by atoms with Gasteiger partial charge in [-0.15, -0.1) is 0 Å². The van der Waals surface area contributed by atoms with E-state index >= 15 is 0 Å². The van der Waals surface area contributed by atoms with Gasteiger partial charge >= 0.3 is 0 Å². The molecule has 1 aromatic carbocycles. The third-order valence-corrected chi connectivity index (χ3v) is 2.46. The van der Waals surface area contributed by atoms with Crippen LogP contribution in [0.4, 0.5) is 10.1 Å². The van der Waals surface area contributed by atoms with Crippen LogP contribution in [0, 0.1) is 12.7 Å². The summed E-state index contributed by atoms with van der Waals surface area (Å²) in [7, 11) is 0. The molecule has 0 aliphatic rings. The van der Waals surface area contributed by atoms with Crippen LogP contribution in [-0.4, -0.2) is 24.1 Å². The number of nitrogens with one attached hydrogen (secondary N) is 3. The van der Waals surface area contributed by atoms with Gasteiger partial charge in [-0.25, -0.2) is 4.39 Å². The van der Waals surface area contributed by atoms with Crippen LogP contribution in [0.2, 0.25) is 0 Å². The number of carbonyl (C=O) groups excluding carboxylic acids is 1. The van der Waals surface area contributed by atoms with Gasteiger partial charge in [-0.05, 0) is 36.8 Å². The first kappa shape index (κ1) is 14.4. The van der Waals surface area contributed by atoms with Gasteiger partial charge in [-0.2, -0.15) is 0 Å². The third kappa shape index (κ3) is 5.09. The van der Waals surface area contributed by atoms with Crippen molar-refractivity contribution in [1.29, 1.82) is 0 Å². The second kappa shape index (κ2) is 6.90. The Kier molecular flexibility index (Phi) is 5.51. The van der Waals surface area contributed by atoms with Gasteiger partial charge in [0.1, 0.15) is 5.82 Å². The summed E-state index contributed by atoms with van der Waals surface area (Å²) >= 11 is 5.03. The molecule has 0 saturated carbocycles. The molecule has 0 spiro atoms. The van der Waals surface area contributed by atoms with Crippen molar-refractivity contribution in [3.8, 4) is 0 Å². The van der Waals surface area contributed by atoms with E-state index in [0.717, 1.165) is 0 Å². The fourth-order valence-electron chi connectivity index (χ4n) is 1.26. The predicted octanol–water partition coefficient (Wildman–Crippen LogP) is 1.56. The maximum absolute atomic E-state index is 13.3. The van der Waals surface area contributed by atoms with Crippen molar-refractivity contribution in [2.45, 2.75) is 13.8 Å². The molecule has 0 saturated heterocycles. The molecular weight excluding hydrogens is 253 g/mol. The van der Waals surface area contributed by atoms with E-state index in [-0.39, 0.29) is 11.7 Å². The molecule has 0 heterocycles. The fourth-order valence-corrected chi connectivity index (χ4v) is 1.48. The van der Waals surface area contributed by atoms with Crippen molar-refractivity contribution in [2.24, 2.45) is 0 Å². The summed E-state index contributed by atoms with van der Waals surface area (Å²) in [5, 5.41) is 8.79. The van der Waals surface area contributed by atoms with Crippen LogP contribution < -0.4 is 16.0 Å². The first-order chi connectivity index (χ1) is 8.49. The summed E-state index contributed by atoms with van der Waals surface area (Å²) in [4.78, 5) is 10.6. The zero-order valence-electron chi connectivity index (χ0n) is 10.3. The molecule has 0 atom stereocenters. The largest absolute Gasteiger partial charge is 0.361 e. The molecule has 0 unspecified atom stereocenters. The number of halogens is 1. The molecule has 4 nitrogen and oxygen atoms in total. The van der Waals surface area contributed by atoms with Crippen LogP contribution >= 0.6 is 12.2 Å². The summed E-state index contributed by atoms with van der Waals surface area (Å²) in [6, 6.07) is 4.81. The summed E-state index contributed by atoms with van der Waals surface area (Å²) in [6.45, 7) is 4.15. The highest BCUT2D eigenvalue weighted by Crippen LogP contribution is 2.13. The standard InChI is InChI=1S/C12H16FN3OS/c1-8-3-4-10(7-11(8)13)16-12(18)15-6-5-14-9(2)17/h3-4,7H,5-6H2,1-2H3,(H,14,17)(H2,15,16,18). The van der Waals surface area contributed by atoms with Gasteiger partial charge in [0.25, 0.3) is 0 Å². The highest BCUT2D eigenvalue weighted by atomic mass is 32.1.